The summed E-state index contributed by atoms with van der Waals surface area (Å²) in [6.45, 7) is 3.05. The van der Waals surface area contributed by atoms with Gasteiger partial charge in [-0.2, -0.15) is 0 Å². The van der Waals surface area contributed by atoms with E-state index in [4.69, 9.17) is 9.84 Å². The largest absolute Gasteiger partial charge is 0.481 e. The number of rotatable bonds is 7. The number of carbonyl (C=O) groups is 3. The number of esters is 1. The van der Waals surface area contributed by atoms with Crippen molar-refractivity contribution < 1.29 is 29.2 Å². The SMILES string of the molecule is CCOC(=O)C1=C(C)NC(=O)N(CCC(=O)O)C1c1cccc([N+](=O)[O-])c1. The summed E-state index contributed by atoms with van der Waals surface area (Å²) in [4.78, 5) is 47.6. The number of nitro benzene ring substituents is 1. The lowest BCUT2D eigenvalue weighted by Gasteiger charge is -2.37. The maximum atomic E-state index is 12.5. The van der Waals surface area contributed by atoms with Gasteiger partial charge in [-0.1, -0.05) is 12.1 Å². The third-order valence-corrected chi connectivity index (χ3v) is 4.00. The van der Waals surface area contributed by atoms with Gasteiger partial charge in [0.1, 0.15) is 0 Å². The lowest BCUT2D eigenvalue weighted by atomic mass is 9.93. The Kier molecular flexibility index (Phi) is 6.11. The summed E-state index contributed by atoms with van der Waals surface area (Å²) < 4.78 is 5.07. The molecule has 27 heavy (non-hydrogen) atoms. The number of nitro groups is 1. The summed E-state index contributed by atoms with van der Waals surface area (Å²) in [5.74, 6) is -1.81. The zero-order valence-electron chi connectivity index (χ0n) is 14.8. The quantitative estimate of drug-likeness (QED) is 0.421. The highest BCUT2D eigenvalue weighted by molar-refractivity contribution is 5.95. The molecule has 10 heteroatoms. The molecule has 0 aliphatic carbocycles. The predicted molar refractivity (Wildman–Crippen MR) is 92.7 cm³/mol. The standard InChI is InChI=1S/C17H19N3O7/c1-3-27-16(23)14-10(2)18-17(24)19(8-7-13(21)22)15(14)11-5-4-6-12(9-11)20(25)26/h4-6,9,15H,3,7-8H2,1-2H3,(H,18,24)(H,21,22). The Morgan fingerprint density at radius 1 is 1.41 bits per heavy atom. The number of carboxylic acids is 1. The fraction of sp³-hybridized carbons (Fsp3) is 0.353. The molecule has 0 bridgehead atoms. The van der Waals surface area contributed by atoms with Crippen LogP contribution in [0.1, 0.15) is 31.9 Å². The number of aliphatic carboxylic acids is 1. The molecular weight excluding hydrogens is 358 g/mol. The van der Waals surface area contributed by atoms with Gasteiger partial charge in [-0.25, -0.2) is 9.59 Å². The van der Waals surface area contributed by atoms with E-state index in [-0.39, 0.29) is 36.5 Å². The molecule has 0 fully saturated rings. The van der Waals surface area contributed by atoms with Crippen LogP contribution < -0.4 is 5.32 Å². The molecule has 0 saturated heterocycles. The van der Waals surface area contributed by atoms with Crippen LogP contribution in [0.5, 0.6) is 0 Å². The van der Waals surface area contributed by atoms with E-state index in [2.05, 4.69) is 5.32 Å². The minimum absolute atomic E-state index is 0.0976. The molecule has 0 radical (unpaired) electrons. The molecule has 144 valence electrons. The molecule has 1 aliphatic rings. The Balaban J connectivity index is 2.59. The highest BCUT2D eigenvalue weighted by Crippen LogP contribution is 2.35. The van der Waals surface area contributed by atoms with Gasteiger partial charge in [0, 0.05) is 24.4 Å². The molecular formula is C17H19N3O7. The van der Waals surface area contributed by atoms with E-state index in [1.165, 1.54) is 31.2 Å². The second kappa shape index (κ2) is 8.30. The minimum atomic E-state index is -1.12. The first-order chi connectivity index (χ1) is 12.8. The highest BCUT2D eigenvalue weighted by atomic mass is 16.6. The van der Waals surface area contributed by atoms with Crippen molar-refractivity contribution in [2.24, 2.45) is 0 Å². The van der Waals surface area contributed by atoms with Gasteiger partial charge in [0.15, 0.2) is 0 Å². The van der Waals surface area contributed by atoms with Crippen LogP contribution in [0.15, 0.2) is 35.5 Å². The molecule has 2 amide bonds. The van der Waals surface area contributed by atoms with Gasteiger partial charge in [0.25, 0.3) is 5.69 Å². The number of allylic oxidation sites excluding steroid dienone is 1. The number of non-ortho nitro benzene ring substituents is 1. The van der Waals surface area contributed by atoms with Gasteiger partial charge >= 0.3 is 18.0 Å². The predicted octanol–water partition coefficient (Wildman–Crippen LogP) is 1.97. The molecule has 2 N–H and O–H groups in total. The summed E-state index contributed by atoms with van der Waals surface area (Å²) in [7, 11) is 0. The zero-order chi connectivity index (χ0) is 20.1. The third kappa shape index (κ3) is 4.40. The van der Waals surface area contributed by atoms with E-state index < -0.39 is 28.9 Å². The number of hydrogen-bond donors (Lipinski definition) is 2. The first kappa shape index (κ1) is 19.9. The Morgan fingerprint density at radius 2 is 2.11 bits per heavy atom. The molecule has 1 aliphatic heterocycles. The van der Waals surface area contributed by atoms with Crippen LogP contribution in [0.25, 0.3) is 0 Å². The summed E-state index contributed by atoms with van der Waals surface area (Å²) in [5, 5.41) is 22.6. The normalized spacial score (nSPS) is 16.7. The van der Waals surface area contributed by atoms with E-state index in [1.54, 1.807) is 6.92 Å². The van der Waals surface area contributed by atoms with E-state index in [9.17, 15) is 24.5 Å². The van der Waals surface area contributed by atoms with E-state index in [0.717, 1.165) is 4.90 Å². The Hall–Kier alpha value is -3.43. The highest BCUT2D eigenvalue weighted by Gasteiger charge is 2.39. The van der Waals surface area contributed by atoms with Crippen LogP contribution in [-0.4, -0.2) is 46.1 Å². The first-order valence-electron chi connectivity index (χ1n) is 8.17. The average molecular weight is 377 g/mol. The Morgan fingerprint density at radius 3 is 2.70 bits per heavy atom. The van der Waals surface area contributed by atoms with Gasteiger partial charge in [-0.3, -0.25) is 14.9 Å². The lowest BCUT2D eigenvalue weighted by Crippen LogP contribution is -2.49. The minimum Gasteiger partial charge on any atom is -0.481 e. The second-order valence-electron chi connectivity index (χ2n) is 5.78. The lowest BCUT2D eigenvalue weighted by molar-refractivity contribution is -0.384. The van der Waals surface area contributed by atoms with E-state index in [1.807, 2.05) is 0 Å². The number of carbonyl (C=O) groups excluding carboxylic acids is 2. The second-order valence-corrected chi connectivity index (χ2v) is 5.78. The van der Waals surface area contributed by atoms with Crippen LogP contribution in [-0.2, 0) is 14.3 Å². The molecule has 1 atom stereocenters. The van der Waals surface area contributed by atoms with Crippen molar-refractivity contribution in [3.05, 3.63) is 51.2 Å². The Bertz CT molecular complexity index is 818. The Labute approximate surface area is 154 Å². The van der Waals surface area contributed by atoms with Crippen LogP contribution in [0.4, 0.5) is 10.5 Å². The molecule has 1 heterocycles. The third-order valence-electron chi connectivity index (χ3n) is 4.00. The number of nitrogens with one attached hydrogen (secondary N) is 1. The summed E-state index contributed by atoms with van der Waals surface area (Å²) >= 11 is 0. The molecule has 2 rings (SSSR count). The van der Waals surface area contributed by atoms with Gasteiger partial charge < -0.3 is 20.1 Å². The number of nitrogens with zero attached hydrogens (tertiary/aromatic N) is 2. The molecule has 0 spiro atoms. The molecule has 1 unspecified atom stereocenters. The first-order valence-corrected chi connectivity index (χ1v) is 8.17. The smallest absolute Gasteiger partial charge is 0.338 e. The fourth-order valence-electron chi connectivity index (χ4n) is 2.85. The number of urea groups is 1. The van der Waals surface area contributed by atoms with Crippen molar-refractivity contribution >= 4 is 23.7 Å². The zero-order valence-corrected chi connectivity index (χ0v) is 14.8. The number of amides is 2. The number of benzene rings is 1. The molecule has 10 nitrogen and oxygen atoms in total. The summed E-state index contributed by atoms with van der Waals surface area (Å²) in [5.41, 5.74) is 0.452. The van der Waals surface area contributed by atoms with Crippen LogP contribution in [0.2, 0.25) is 0 Å². The van der Waals surface area contributed by atoms with Crippen LogP contribution in [0, 0.1) is 10.1 Å². The van der Waals surface area contributed by atoms with Gasteiger partial charge in [-0.05, 0) is 19.4 Å². The van der Waals surface area contributed by atoms with Crippen LogP contribution in [0.3, 0.4) is 0 Å². The van der Waals surface area contributed by atoms with Gasteiger partial charge in [0.05, 0.1) is 29.6 Å². The number of hydrogen-bond acceptors (Lipinski definition) is 6. The summed E-state index contributed by atoms with van der Waals surface area (Å²) in [6, 6.07) is 3.91. The molecule has 1 aromatic rings. The van der Waals surface area contributed by atoms with Crippen molar-refractivity contribution in [3.8, 4) is 0 Å². The van der Waals surface area contributed by atoms with E-state index in [0.29, 0.717) is 5.56 Å². The molecule has 1 aromatic carbocycles. The van der Waals surface area contributed by atoms with Crippen molar-refractivity contribution in [1.82, 2.24) is 10.2 Å². The maximum Gasteiger partial charge on any atom is 0.338 e. The number of ether oxygens (including phenoxy) is 1. The van der Waals surface area contributed by atoms with Crippen LogP contribution >= 0.6 is 0 Å². The average Bonchev–Trinajstić information content (AvgIpc) is 2.60. The van der Waals surface area contributed by atoms with Gasteiger partial charge in [0.2, 0.25) is 0 Å². The van der Waals surface area contributed by atoms with E-state index >= 15 is 0 Å². The maximum absolute atomic E-state index is 12.5. The molecule has 0 aromatic heterocycles. The fourth-order valence-corrected chi connectivity index (χ4v) is 2.85. The van der Waals surface area contributed by atoms with Crippen molar-refractivity contribution in [1.29, 1.82) is 0 Å². The van der Waals surface area contributed by atoms with Crippen molar-refractivity contribution in [2.75, 3.05) is 13.2 Å². The molecule has 0 saturated carbocycles. The number of carboxylic acid groups (broad SMARTS) is 1. The topological polar surface area (TPSA) is 139 Å². The summed E-state index contributed by atoms with van der Waals surface area (Å²) in [6.07, 6.45) is -0.353. The monoisotopic (exact) mass is 377 g/mol. The van der Waals surface area contributed by atoms with Crippen molar-refractivity contribution in [2.45, 2.75) is 26.3 Å². The van der Waals surface area contributed by atoms with Crippen molar-refractivity contribution in [3.63, 3.8) is 0 Å². The van der Waals surface area contributed by atoms with Gasteiger partial charge in [-0.15, -0.1) is 0 Å².